The van der Waals surface area contributed by atoms with Crippen molar-refractivity contribution in [2.24, 2.45) is 5.92 Å². The summed E-state index contributed by atoms with van der Waals surface area (Å²) >= 11 is 0. The van der Waals surface area contributed by atoms with Gasteiger partial charge in [0.25, 0.3) is 0 Å². The van der Waals surface area contributed by atoms with Gasteiger partial charge in [-0.1, -0.05) is 13.8 Å². The summed E-state index contributed by atoms with van der Waals surface area (Å²) in [5.74, 6) is 0.913. The molecule has 15 heavy (non-hydrogen) atoms. The highest BCUT2D eigenvalue weighted by atomic mass is 15.3. The monoisotopic (exact) mass is 212 g/mol. The van der Waals surface area contributed by atoms with Crippen molar-refractivity contribution in [3.05, 3.63) is 0 Å². The lowest BCUT2D eigenvalue weighted by atomic mass is 9.92. The summed E-state index contributed by atoms with van der Waals surface area (Å²) < 4.78 is 0. The van der Waals surface area contributed by atoms with Gasteiger partial charge < -0.3 is 4.90 Å². The molecule has 0 aromatic rings. The molecule has 1 aliphatic rings. The number of rotatable bonds is 5. The van der Waals surface area contributed by atoms with Gasteiger partial charge in [0, 0.05) is 25.2 Å². The highest BCUT2D eigenvalue weighted by Gasteiger charge is 2.34. The molecule has 0 bridgehead atoms. The molecule has 2 nitrogen and oxygen atoms in total. The van der Waals surface area contributed by atoms with E-state index in [1.54, 1.807) is 0 Å². The Kier molecular flexibility index (Phi) is 4.60. The summed E-state index contributed by atoms with van der Waals surface area (Å²) in [6.45, 7) is 17.8. The molecule has 0 aromatic carbocycles. The second-order valence-electron chi connectivity index (χ2n) is 5.84. The number of hydrogen-bond acceptors (Lipinski definition) is 2. The van der Waals surface area contributed by atoms with Gasteiger partial charge in [-0.2, -0.15) is 0 Å². The van der Waals surface area contributed by atoms with Crippen molar-refractivity contribution in [1.29, 1.82) is 0 Å². The molecule has 0 radical (unpaired) electrons. The molecule has 0 spiro atoms. The predicted molar refractivity (Wildman–Crippen MR) is 67.2 cm³/mol. The molecule has 0 amide bonds. The van der Waals surface area contributed by atoms with Gasteiger partial charge in [-0.05, 0) is 46.2 Å². The fraction of sp³-hybridized carbons (Fsp3) is 1.00. The molecule has 0 N–H and O–H groups in total. The zero-order valence-corrected chi connectivity index (χ0v) is 11.2. The molecule has 0 aromatic heterocycles. The van der Waals surface area contributed by atoms with E-state index in [0.717, 1.165) is 5.92 Å². The molecule has 0 saturated carbocycles. The Morgan fingerprint density at radius 2 is 1.80 bits per heavy atom. The number of nitrogens with zero attached hydrogens (tertiary/aromatic N) is 2. The standard InChI is InChI=1S/C13H28N2/c1-6-8-14(7-2)9-12-10-15(11-12)13(3,4)5/h12H,6-11H2,1-5H3. The van der Waals surface area contributed by atoms with Gasteiger partial charge in [0.15, 0.2) is 0 Å². The first-order valence-electron chi connectivity index (χ1n) is 6.44. The minimum absolute atomic E-state index is 0.373. The van der Waals surface area contributed by atoms with Gasteiger partial charge >= 0.3 is 0 Å². The first kappa shape index (κ1) is 13.0. The van der Waals surface area contributed by atoms with Gasteiger partial charge in [-0.25, -0.2) is 0 Å². The Morgan fingerprint density at radius 1 is 1.20 bits per heavy atom. The van der Waals surface area contributed by atoms with Gasteiger partial charge in [0.2, 0.25) is 0 Å². The van der Waals surface area contributed by atoms with Crippen LogP contribution >= 0.6 is 0 Å². The minimum atomic E-state index is 0.373. The van der Waals surface area contributed by atoms with E-state index in [9.17, 15) is 0 Å². The molecule has 1 fully saturated rings. The van der Waals surface area contributed by atoms with Crippen molar-refractivity contribution in [2.45, 2.75) is 46.6 Å². The summed E-state index contributed by atoms with van der Waals surface area (Å²) in [6, 6.07) is 0. The fourth-order valence-electron chi connectivity index (χ4n) is 2.29. The van der Waals surface area contributed by atoms with Gasteiger partial charge in [0.05, 0.1) is 0 Å². The molecular weight excluding hydrogens is 184 g/mol. The highest BCUT2D eigenvalue weighted by molar-refractivity contribution is 4.89. The quantitative estimate of drug-likeness (QED) is 0.691. The van der Waals surface area contributed by atoms with Gasteiger partial charge in [0.1, 0.15) is 0 Å². The van der Waals surface area contributed by atoms with Crippen molar-refractivity contribution in [1.82, 2.24) is 9.80 Å². The van der Waals surface area contributed by atoms with Crippen LogP contribution in [0, 0.1) is 5.92 Å². The Hall–Kier alpha value is -0.0800. The van der Waals surface area contributed by atoms with E-state index in [2.05, 4.69) is 44.4 Å². The van der Waals surface area contributed by atoms with Crippen molar-refractivity contribution in [3.8, 4) is 0 Å². The third-order valence-electron chi connectivity index (χ3n) is 3.41. The summed E-state index contributed by atoms with van der Waals surface area (Å²) in [4.78, 5) is 5.17. The van der Waals surface area contributed by atoms with Crippen molar-refractivity contribution in [2.75, 3.05) is 32.7 Å². The molecule has 0 aliphatic carbocycles. The SMILES string of the molecule is CCCN(CC)CC1CN(C(C)(C)C)C1. The lowest BCUT2D eigenvalue weighted by Crippen LogP contribution is -2.58. The molecule has 1 heterocycles. The van der Waals surface area contributed by atoms with Crippen molar-refractivity contribution in [3.63, 3.8) is 0 Å². The molecule has 1 saturated heterocycles. The lowest BCUT2D eigenvalue weighted by molar-refractivity contribution is -0.00121. The van der Waals surface area contributed by atoms with Gasteiger partial charge in [-0.3, -0.25) is 4.90 Å². The Morgan fingerprint density at radius 3 is 2.20 bits per heavy atom. The lowest BCUT2D eigenvalue weighted by Gasteiger charge is -2.49. The van der Waals surface area contributed by atoms with E-state index in [4.69, 9.17) is 0 Å². The van der Waals surface area contributed by atoms with Crippen molar-refractivity contribution >= 4 is 0 Å². The Bertz CT molecular complexity index is 177. The van der Waals surface area contributed by atoms with E-state index in [1.807, 2.05) is 0 Å². The third kappa shape index (κ3) is 3.76. The highest BCUT2D eigenvalue weighted by Crippen LogP contribution is 2.25. The second-order valence-corrected chi connectivity index (χ2v) is 5.84. The molecule has 1 aliphatic heterocycles. The Balaban J connectivity index is 2.21. The normalized spacial score (nSPS) is 19.6. The van der Waals surface area contributed by atoms with Crippen LogP contribution in [0.2, 0.25) is 0 Å². The maximum Gasteiger partial charge on any atom is 0.0125 e. The van der Waals surface area contributed by atoms with E-state index < -0.39 is 0 Å². The summed E-state index contributed by atoms with van der Waals surface area (Å²) in [5, 5.41) is 0. The van der Waals surface area contributed by atoms with Crippen LogP contribution in [-0.2, 0) is 0 Å². The van der Waals surface area contributed by atoms with Crippen LogP contribution < -0.4 is 0 Å². The first-order valence-corrected chi connectivity index (χ1v) is 6.44. The van der Waals surface area contributed by atoms with Crippen LogP contribution in [-0.4, -0.2) is 48.1 Å². The van der Waals surface area contributed by atoms with Gasteiger partial charge in [-0.15, -0.1) is 0 Å². The van der Waals surface area contributed by atoms with Crippen LogP contribution in [0.15, 0.2) is 0 Å². The van der Waals surface area contributed by atoms with E-state index in [-0.39, 0.29) is 0 Å². The summed E-state index contributed by atoms with van der Waals surface area (Å²) in [6.07, 6.45) is 1.28. The maximum atomic E-state index is 2.59. The molecule has 2 heteroatoms. The fourth-order valence-corrected chi connectivity index (χ4v) is 2.29. The van der Waals surface area contributed by atoms with Crippen LogP contribution in [0.1, 0.15) is 41.0 Å². The number of hydrogen-bond donors (Lipinski definition) is 0. The topological polar surface area (TPSA) is 6.48 Å². The maximum absolute atomic E-state index is 2.59. The summed E-state index contributed by atoms with van der Waals surface area (Å²) in [5.41, 5.74) is 0.373. The van der Waals surface area contributed by atoms with E-state index in [1.165, 1.54) is 39.1 Å². The Labute approximate surface area is 95.6 Å². The van der Waals surface area contributed by atoms with E-state index >= 15 is 0 Å². The summed E-state index contributed by atoms with van der Waals surface area (Å²) in [7, 11) is 0. The molecule has 0 atom stereocenters. The zero-order valence-electron chi connectivity index (χ0n) is 11.2. The third-order valence-corrected chi connectivity index (χ3v) is 3.41. The minimum Gasteiger partial charge on any atom is -0.303 e. The van der Waals surface area contributed by atoms with Crippen LogP contribution in [0.3, 0.4) is 0 Å². The average molecular weight is 212 g/mol. The first-order chi connectivity index (χ1) is 6.97. The largest absolute Gasteiger partial charge is 0.303 e. The number of likely N-dealkylation sites (tertiary alicyclic amines) is 1. The molecule has 0 unspecified atom stereocenters. The second kappa shape index (κ2) is 5.31. The van der Waals surface area contributed by atoms with E-state index in [0.29, 0.717) is 5.54 Å². The smallest absolute Gasteiger partial charge is 0.0125 e. The zero-order chi connectivity index (χ0) is 11.5. The van der Waals surface area contributed by atoms with Crippen LogP contribution in [0.5, 0.6) is 0 Å². The predicted octanol–water partition coefficient (Wildman–Crippen LogP) is 2.45. The average Bonchev–Trinajstić information content (AvgIpc) is 2.06. The molecular formula is C13H28N2. The molecule has 1 rings (SSSR count). The van der Waals surface area contributed by atoms with Crippen molar-refractivity contribution < 1.29 is 0 Å². The van der Waals surface area contributed by atoms with Crippen LogP contribution in [0.25, 0.3) is 0 Å². The van der Waals surface area contributed by atoms with Crippen LogP contribution in [0.4, 0.5) is 0 Å². The molecule has 90 valence electrons.